The van der Waals surface area contributed by atoms with Crippen molar-refractivity contribution in [2.45, 2.75) is 26.2 Å². The number of carbonyl (C=O) groups excluding carboxylic acids is 1. The van der Waals surface area contributed by atoms with Gasteiger partial charge in [-0.1, -0.05) is 6.92 Å². The van der Waals surface area contributed by atoms with E-state index in [9.17, 15) is 4.79 Å². The maximum Gasteiger partial charge on any atom is 0.221 e. The summed E-state index contributed by atoms with van der Waals surface area (Å²) in [5.41, 5.74) is 5.09. The van der Waals surface area contributed by atoms with Crippen LogP contribution in [0.3, 0.4) is 0 Å². The van der Waals surface area contributed by atoms with Crippen LogP contribution in [0, 0.1) is 5.92 Å². The van der Waals surface area contributed by atoms with Crippen molar-refractivity contribution >= 4 is 5.91 Å². The van der Waals surface area contributed by atoms with Crippen molar-refractivity contribution in [3.05, 3.63) is 0 Å². The lowest BCUT2D eigenvalue weighted by Crippen LogP contribution is -2.31. The highest BCUT2D eigenvalue weighted by molar-refractivity contribution is 5.76. The molecule has 0 bridgehead atoms. The summed E-state index contributed by atoms with van der Waals surface area (Å²) in [6.07, 6.45) is 2.91. The van der Waals surface area contributed by atoms with E-state index >= 15 is 0 Å². The van der Waals surface area contributed by atoms with E-state index in [1.807, 2.05) is 6.92 Å². The van der Waals surface area contributed by atoms with E-state index in [0.717, 1.165) is 25.8 Å². The molecule has 0 aromatic heterocycles. The van der Waals surface area contributed by atoms with Crippen molar-refractivity contribution in [1.29, 1.82) is 0 Å². The van der Waals surface area contributed by atoms with Gasteiger partial charge in [0.15, 0.2) is 0 Å². The summed E-state index contributed by atoms with van der Waals surface area (Å²) in [4.78, 5) is 10.6. The highest BCUT2D eigenvalue weighted by atomic mass is 16.2. The molecule has 0 radical (unpaired) electrons. The van der Waals surface area contributed by atoms with E-state index in [0.29, 0.717) is 6.54 Å². The number of hydrogen-bond donors (Lipinski definition) is 3. The topological polar surface area (TPSA) is 75.3 Å². The summed E-state index contributed by atoms with van der Waals surface area (Å²) >= 11 is 0. The first-order chi connectivity index (χ1) is 6.18. The fraction of sp³-hybridized carbons (Fsp3) is 0.889. The molecule has 0 saturated heterocycles. The molecule has 0 saturated carbocycles. The summed E-state index contributed by atoms with van der Waals surface area (Å²) in [5, 5.41) is 11.6. The second-order valence-corrected chi connectivity index (χ2v) is 3.29. The molecule has 1 amide bonds. The van der Waals surface area contributed by atoms with E-state index in [4.69, 9.17) is 10.8 Å². The summed E-state index contributed by atoms with van der Waals surface area (Å²) in [5.74, 6) is -0.360. The van der Waals surface area contributed by atoms with Crippen LogP contribution in [0.15, 0.2) is 0 Å². The van der Waals surface area contributed by atoms with Crippen molar-refractivity contribution in [2.75, 3.05) is 19.7 Å². The van der Waals surface area contributed by atoms with Gasteiger partial charge in [-0.05, 0) is 25.8 Å². The van der Waals surface area contributed by atoms with Gasteiger partial charge in [-0.2, -0.15) is 0 Å². The second-order valence-electron chi connectivity index (χ2n) is 3.29. The lowest BCUT2D eigenvalue weighted by atomic mass is 10.1. The summed E-state index contributed by atoms with van der Waals surface area (Å²) < 4.78 is 0. The number of carbonyl (C=O) groups is 1. The van der Waals surface area contributed by atoms with Crippen LogP contribution in [0.25, 0.3) is 0 Å². The van der Waals surface area contributed by atoms with Crippen LogP contribution in [0.1, 0.15) is 26.2 Å². The first kappa shape index (κ1) is 12.4. The molecule has 0 aromatic rings. The van der Waals surface area contributed by atoms with Gasteiger partial charge in [-0.15, -0.1) is 0 Å². The first-order valence-corrected chi connectivity index (χ1v) is 4.79. The predicted molar refractivity (Wildman–Crippen MR) is 52.2 cm³/mol. The van der Waals surface area contributed by atoms with Crippen LogP contribution >= 0.6 is 0 Å². The number of aliphatic hydroxyl groups is 1. The van der Waals surface area contributed by atoms with Crippen LogP contribution in [0.2, 0.25) is 0 Å². The van der Waals surface area contributed by atoms with Crippen molar-refractivity contribution in [2.24, 2.45) is 11.7 Å². The van der Waals surface area contributed by atoms with E-state index in [-0.39, 0.29) is 18.4 Å². The number of primary amides is 1. The molecule has 0 aliphatic carbocycles. The predicted octanol–water partition coefficient (Wildman–Crippen LogP) is -0.140. The lowest BCUT2D eigenvalue weighted by molar-refractivity contribution is -0.121. The molecule has 13 heavy (non-hydrogen) atoms. The molecule has 0 aliphatic heterocycles. The largest absolute Gasteiger partial charge is 0.396 e. The molecule has 0 heterocycles. The SMILES string of the molecule is CC(CNCCCCCO)C(N)=O. The number of nitrogens with one attached hydrogen (secondary N) is 1. The smallest absolute Gasteiger partial charge is 0.221 e. The number of unbranched alkanes of at least 4 members (excludes halogenated alkanes) is 2. The van der Waals surface area contributed by atoms with Gasteiger partial charge in [-0.25, -0.2) is 0 Å². The Bertz CT molecular complexity index is 140. The van der Waals surface area contributed by atoms with E-state index in [1.54, 1.807) is 0 Å². The van der Waals surface area contributed by atoms with E-state index < -0.39 is 0 Å². The maximum atomic E-state index is 10.6. The average molecular weight is 188 g/mol. The number of amides is 1. The summed E-state index contributed by atoms with van der Waals surface area (Å²) in [7, 11) is 0. The Balaban J connectivity index is 3.11. The number of rotatable bonds is 8. The number of hydrogen-bond acceptors (Lipinski definition) is 3. The lowest BCUT2D eigenvalue weighted by Gasteiger charge is -2.08. The monoisotopic (exact) mass is 188 g/mol. The third-order valence-corrected chi connectivity index (χ3v) is 1.95. The fourth-order valence-corrected chi connectivity index (χ4v) is 0.958. The van der Waals surface area contributed by atoms with Gasteiger partial charge in [-0.3, -0.25) is 4.79 Å². The van der Waals surface area contributed by atoms with Crippen molar-refractivity contribution in [3.63, 3.8) is 0 Å². The van der Waals surface area contributed by atoms with Gasteiger partial charge >= 0.3 is 0 Å². The van der Waals surface area contributed by atoms with E-state index in [2.05, 4.69) is 5.32 Å². The molecule has 4 heteroatoms. The molecule has 0 aromatic carbocycles. The molecule has 4 nitrogen and oxygen atoms in total. The van der Waals surface area contributed by atoms with Crippen molar-refractivity contribution in [1.82, 2.24) is 5.32 Å². The Hall–Kier alpha value is -0.610. The number of nitrogens with two attached hydrogens (primary N) is 1. The molecule has 78 valence electrons. The van der Waals surface area contributed by atoms with Crippen molar-refractivity contribution < 1.29 is 9.90 Å². The van der Waals surface area contributed by atoms with Gasteiger partial charge in [0.25, 0.3) is 0 Å². The quantitative estimate of drug-likeness (QED) is 0.464. The average Bonchev–Trinajstić information content (AvgIpc) is 2.10. The van der Waals surface area contributed by atoms with Gasteiger partial charge in [0.1, 0.15) is 0 Å². The zero-order chi connectivity index (χ0) is 10.1. The first-order valence-electron chi connectivity index (χ1n) is 4.79. The van der Waals surface area contributed by atoms with Gasteiger partial charge in [0.2, 0.25) is 5.91 Å². The maximum absolute atomic E-state index is 10.6. The standard InChI is InChI=1S/C9H20N2O2/c1-8(9(10)13)7-11-5-3-2-4-6-12/h8,11-12H,2-7H2,1H3,(H2,10,13). The van der Waals surface area contributed by atoms with Gasteiger partial charge in [0.05, 0.1) is 0 Å². The van der Waals surface area contributed by atoms with Crippen LogP contribution < -0.4 is 11.1 Å². The molecular formula is C9H20N2O2. The molecule has 0 rings (SSSR count). The van der Waals surface area contributed by atoms with E-state index in [1.165, 1.54) is 0 Å². The third-order valence-electron chi connectivity index (χ3n) is 1.95. The Morgan fingerprint density at radius 2 is 2.15 bits per heavy atom. The minimum atomic E-state index is -0.261. The summed E-state index contributed by atoms with van der Waals surface area (Å²) in [6.45, 7) is 3.60. The van der Waals surface area contributed by atoms with Crippen LogP contribution in [-0.2, 0) is 4.79 Å². The third kappa shape index (κ3) is 7.74. The molecular weight excluding hydrogens is 168 g/mol. The molecule has 1 atom stereocenters. The normalized spacial score (nSPS) is 12.8. The molecule has 1 unspecified atom stereocenters. The highest BCUT2D eigenvalue weighted by Crippen LogP contribution is 1.93. The highest BCUT2D eigenvalue weighted by Gasteiger charge is 2.06. The minimum Gasteiger partial charge on any atom is -0.396 e. The second kappa shape index (κ2) is 8.01. The Labute approximate surface area is 79.5 Å². The van der Waals surface area contributed by atoms with Crippen LogP contribution in [-0.4, -0.2) is 30.7 Å². The Kier molecular flexibility index (Phi) is 7.63. The fourth-order valence-electron chi connectivity index (χ4n) is 0.958. The van der Waals surface area contributed by atoms with Crippen molar-refractivity contribution in [3.8, 4) is 0 Å². The summed E-state index contributed by atoms with van der Waals surface area (Å²) in [6, 6.07) is 0. The minimum absolute atomic E-state index is 0.0992. The molecule has 0 fully saturated rings. The van der Waals surface area contributed by atoms with Crippen LogP contribution in [0.4, 0.5) is 0 Å². The Morgan fingerprint density at radius 1 is 1.46 bits per heavy atom. The van der Waals surface area contributed by atoms with Crippen LogP contribution in [0.5, 0.6) is 0 Å². The Morgan fingerprint density at radius 3 is 2.69 bits per heavy atom. The zero-order valence-corrected chi connectivity index (χ0v) is 8.25. The molecule has 0 spiro atoms. The van der Waals surface area contributed by atoms with Gasteiger partial charge < -0.3 is 16.2 Å². The zero-order valence-electron chi connectivity index (χ0n) is 8.25. The molecule has 4 N–H and O–H groups in total. The molecule has 0 aliphatic rings. The van der Waals surface area contributed by atoms with Gasteiger partial charge in [0, 0.05) is 19.1 Å². The number of aliphatic hydroxyl groups excluding tert-OH is 1.